The third kappa shape index (κ3) is 6.73. The predicted octanol–water partition coefficient (Wildman–Crippen LogP) is 3.60. The van der Waals surface area contributed by atoms with Crippen LogP contribution in [0.3, 0.4) is 0 Å². The molecule has 0 bridgehead atoms. The average Bonchev–Trinajstić information content (AvgIpc) is 2.71. The molecule has 0 heterocycles. The molecule has 7 heteroatoms. The molecule has 1 N–H and O–H groups in total. The van der Waals surface area contributed by atoms with Crippen LogP contribution >= 0.6 is 0 Å². The summed E-state index contributed by atoms with van der Waals surface area (Å²) in [5.41, 5.74) is 1.48. The van der Waals surface area contributed by atoms with E-state index in [0.717, 1.165) is 5.56 Å². The summed E-state index contributed by atoms with van der Waals surface area (Å²) >= 11 is 0. The number of phenols is 1. The van der Waals surface area contributed by atoms with Crippen molar-refractivity contribution in [3.63, 3.8) is 0 Å². The molecule has 2 aromatic rings. The Labute approximate surface area is 168 Å². The molecule has 0 spiro atoms. The summed E-state index contributed by atoms with van der Waals surface area (Å²) in [5.74, 6) is 0.0516. The fourth-order valence-corrected chi connectivity index (χ4v) is 2.35. The normalized spacial score (nSPS) is 10.9. The van der Waals surface area contributed by atoms with Gasteiger partial charge < -0.3 is 24.1 Å². The summed E-state index contributed by atoms with van der Waals surface area (Å²) in [5, 5.41) is 9.23. The Morgan fingerprint density at radius 3 is 2.14 bits per heavy atom. The van der Waals surface area contributed by atoms with Crippen molar-refractivity contribution in [3.8, 4) is 23.0 Å². The number of esters is 2. The molecule has 0 fully saturated rings. The first-order valence-electron chi connectivity index (χ1n) is 8.67. The summed E-state index contributed by atoms with van der Waals surface area (Å²) in [7, 11) is 2.91. The summed E-state index contributed by atoms with van der Waals surface area (Å²) in [4.78, 5) is 23.0. The third-order valence-corrected chi connectivity index (χ3v) is 3.67. The molecule has 0 saturated heterocycles. The van der Waals surface area contributed by atoms with E-state index in [4.69, 9.17) is 18.9 Å². The third-order valence-electron chi connectivity index (χ3n) is 3.67. The summed E-state index contributed by atoms with van der Waals surface area (Å²) in [6.07, 6.45) is 6.28. The topological polar surface area (TPSA) is 91.3 Å². The highest BCUT2D eigenvalue weighted by Crippen LogP contribution is 2.39. The first-order valence-corrected chi connectivity index (χ1v) is 8.67. The zero-order valence-electron chi connectivity index (χ0n) is 16.4. The Morgan fingerprint density at radius 2 is 1.59 bits per heavy atom. The van der Waals surface area contributed by atoms with Crippen molar-refractivity contribution < 1.29 is 33.6 Å². The van der Waals surface area contributed by atoms with Crippen molar-refractivity contribution in [1.29, 1.82) is 0 Å². The van der Waals surface area contributed by atoms with E-state index in [1.54, 1.807) is 42.5 Å². The molecular formula is C22H22O7. The highest BCUT2D eigenvalue weighted by atomic mass is 16.6. The molecule has 7 nitrogen and oxygen atoms in total. The van der Waals surface area contributed by atoms with E-state index in [1.165, 1.54) is 39.4 Å². The van der Waals surface area contributed by atoms with Gasteiger partial charge in [-0.25, -0.2) is 4.79 Å². The van der Waals surface area contributed by atoms with E-state index in [1.807, 2.05) is 0 Å². The zero-order chi connectivity index (χ0) is 21.2. The van der Waals surface area contributed by atoms with Gasteiger partial charge in [-0.1, -0.05) is 18.2 Å². The Morgan fingerprint density at radius 1 is 0.966 bits per heavy atom. The van der Waals surface area contributed by atoms with Gasteiger partial charge in [0, 0.05) is 13.0 Å². The minimum Gasteiger partial charge on any atom is -0.508 e. The quantitative estimate of drug-likeness (QED) is 0.413. The average molecular weight is 398 g/mol. The maximum absolute atomic E-state index is 11.8. The second kappa shape index (κ2) is 10.6. The van der Waals surface area contributed by atoms with E-state index >= 15 is 0 Å². The molecule has 0 saturated carbocycles. The van der Waals surface area contributed by atoms with Crippen LogP contribution in [-0.4, -0.2) is 37.9 Å². The molecule has 0 amide bonds. The van der Waals surface area contributed by atoms with Crippen LogP contribution in [0.2, 0.25) is 0 Å². The zero-order valence-corrected chi connectivity index (χ0v) is 16.4. The van der Waals surface area contributed by atoms with E-state index in [0.29, 0.717) is 17.1 Å². The Kier molecular flexibility index (Phi) is 7.85. The van der Waals surface area contributed by atoms with Gasteiger partial charge in [-0.2, -0.15) is 0 Å². The van der Waals surface area contributed by atoms with E-state index in [2.05, 4.69) is 0 Å². The molecule has 0 aliphatic carbocycles. The van der Waals surface area contributed by atoms with Crippen molar-refractivity contribution in [1.82, 2.24) is 0 Å². The lowest BCUT2D eigenvalue weighted by molar-refractivity contribution is -0.136. The van der Waals surface area contributed by atoms with Crippen molar-refractivity contribution in [3.05, 3.63) is 59.7 Å². The van der Waals surface area contributed by atoms with Gasteiger partial charge >= 0.3 is 11.9 Å². The maximum Gasteiger partial charge on any atom is 0.331 e. The fraction of sp³-hybridized carbons (Fsp3) is 0.182. The SMILES string of the molecule is COc1cc(/C=C/COC(=O)/C=C/c2ccc(O)cc2)cc(OC)c1OC(C)=O. The molecule has 0 aliphatic rings. The molecule has 2 aromatic carbocycles. The molecule has 0 aromatic heterocycles. The van der Waals surface area contributed by atoms with Gasteiger partial charge in [0.15, 0.2) is 11.5 Å². The Bertz CT molecular complexity index is 886. The summed E-state index contributed by atoms with van der Waals surface area (Å²) < 4.78 is 20.7. The van der Waals surface area contributed by atoms with Gasteiger partial charge in [0.1, 0.15) is 12.4 Å². The highest BCUT2D eigenvalue weighted by Gasteiger charge is 2.15. The molecule has 2 rings (SSSR count). The monoisotopic (exact) mass is 398 g/mol. The predicted molar refractivity (Wildman–Crippen MR) is 108 cm³/mol. The number of carbonyl (C=O) groups is 2. The van der Waals surface area contributed by atoms with Crippen LogP contribution in [0.5, 0.6) is 23.0 Å². The summed E-state index contributed by atoms with van der Waals surface area (Å²) in [6.45, 7) is 1.35. The first kappa shape index (κ1) is 21.6. The largest absolute Gasteiger partial charge is 0.508 e. The number of ether oxygens (including phenoxy) is 4. The first-order chi connectivity index (χ1) is 13.9. The molecule has 152 valence electrons. The molecule has 0 unspecified atom stereocenters. The van der Waals surface area contributed by atoms with E-state index < -0.39 is 11.9 Å². The van der Waals surface area contributed by atoms with Crippen LogP contribution in [0.4, 0.5) is 0 Å². The number of methoxy groups -OCH3 is 2. The molecule has 0 aliphatic heterocycles. The van der Waals surface area contributed by atoms with Gasteiger partial charge in [0.2, 0.25) is 5.75 Å². The highest BCUT2D eigenvalue weighted by molar-refractivity contribution is 5.87. The van der Waals surface area contributed by atoms with Gasteiger partial charge in [0.25, 0.3) is 0 Å². The van der Waals surface area contributed by atoms with Crippen LogP contribution in [0.1, 0.15) is 18.1 Å². The second-order valence-electron chi connectivity index (χ2n) is 5.81. The summed E-state index contributed by atoms with van der Waals surface area (Å²) in [6, 6.07) is 9.76. The van der Waals surface area contributed by atoms with Crippen molar-refractivity contribution in [2.75, 3.05) is 20.8 Å². The minimum atomic E-state index is -0.497. The number of carbonyl (C=O) groups excluding carboxylic acids is 2. The number of phenolic OH excluding ortho intramolecular Hbond substituents is 1. The minimum absolute atomic E-state index is 0.0646. The smallest absolute Gasteiger partial charge is 0.331 e. The number of aromatic hydroxyl groups is 1. The van der Waals surface area contributed by atoms with Crippen molar-refractivity contribution >= 4 is 24.1 Å². The maximum atomic E-state index is 11.8. The van der Waals surface area contributed by atoms with Gasteiger partial charge in [-0.05, 0) is 47.5 Å². The van der Waals surface area contributed by atoms with Gasteiger partial charge in [-0.15, -0.1) is 0 Å². The van der Waals surface area contributed by atoms with Crippen LogP contribution < -0.4 is 14.2 Å². The van der Waals surface area contributed by atoms with Crippen molar-refractivity contribution in [2.45, 2.75) is 6.92 Å². The molecule has 0 atom stereocenters. The lowest BCUT2D eigenvalue weighted by Crippen LogP contribution is -2.05. The standard InChI is InChI=1S/C22H22O7/c1-15(23)29-22-19(26-2)13-17(14-20(22)27-3)5-4-12-28-21(25)11-8-16-6-9-18(24)10-7-16/h4-11,13-14,24H,12H2,1-3H3/b5-4+,11-8+. The van der Waals surface area contributed by atoms with Crippen LogP contribution in [-0.2, 0) is 14.3 Å². The van der Waals surface area contributed by atoms with Crippen LogP contribution in [0.25, 0.3) is 12.2 Å². The van der Waals surface area contributed by atoms with Gasteiger partial charge in [-0.3, -0.25) is 4.79 Å². The molecular weight excluding hydrogens is 376 g/mol. The Hall–Kier alpha value is -3.74. The lowest BCUT2D eigenvalue weighted by Gasteiger charge is -2.13. The molecule has 0 radical (unpaired) electrons. The number of rotatable bonds is 8. The van der Waals surface area contributed by atoms with E-state index in [9.17, 15) is 14.7 Å². The number of hydrogen-bond acceptors (Lipinski definition) is 7. The fourth-order valence-electron chi connectivity index (χ4n) is 2.35. The second-order valence-corrected chi connectivity index (χ2v) is 5.81. The van der Waals surface area contributed by atoms with E-state index in [-0.39, 0.29) is 18.1 Å². The van der Waals surface area contributed by atoms with Gasteiger partial charge in [0.05, 0.1) is 14.2 Å². The Balaban J connectivity index is 1.98. The van der Waals surface area contributed by atoms with Crippen LogP contribution in [0.15, 0.2) is 48.6 Å². The number of hydrogen-bond donors (Lipinski definition) is 1. The lowest BCUT2D eigenvalue weighted by atomic mass is 10.1. The number of benzene rings is 2. The van der Waals surface area contributed by atoms with Crippen molar-refractivity contribution in [2.24, 2.45) is 0 Å². The molecule has 29 heavy (non-hydrogen) atoms. The van der Waals surface area contributed by atoms with Crippen LogP contribution in [0, 0.1) is 0 Å².